The summed E-state index contributed by atoms with van der Waals surface area (Å²) in [5, 5.41) is 6.43. The lowest BCUT2D eigenvalue weighted by Crippen LogP contribution is -2.52. The second-order valence-electron chi connectivity index (χ2n) is 5.76. The fraction of sp³-hybridized carbons (Fsp3) is 0.333. The number of carbonyl (C=O) groups is 1. The lowest BCUT2D eigenvalue weighted by atomic mass is 10.00. The number of amides is 1. The maximum Gasteiger partial charge on any atom is 0.270 e. The first-order valence-electron chi connectivity index (χ1n) is 7.95. The van der Waals surface area contributed by atoms with Gasteiger partial charge >= 0.3 is 0 Å². The standard InChI is InChI=1S/C18H21N3O2/c1-13-16(8-5-10-19-13)21-18(22)17-12-15(9-11-20-17)23-14-6-3-2-4-7-14/h2-4,6-7,9,11-13,16,19H,5,8,10H2,1H3,(H,21,22). The Morgan fingerprint density at radius 2 is 2.09 bits per heavy atom. The summed E-state index contributed by atoms with van der Waals surface area (Å²) in [4.78, 5) is 16.6. The molecule has 1 aromatic heterocycles. The SMILES string of the molecule is CC1NCCCC1NC(=O)c1cc(Oc2ccccc2)ccn1. The van der Waals surface area contributed by atoms with Crippen molar-refractivity contribution in [3.63, 3.8) is 0 Å². The van der Waals surface area contributed by atoms with Crippen LogP contribution in [0.15, 0.2) is 48.7 Å². The Bertz CT molecular complexity index is 660. The summed E-state index contributed by atoms with van der Waals surface area (Å²) < 4.78 is 5.75. The minimum absolute atomic E-state index is 0.136. The number of nitrogens with zero attached hydrogens (tertiary/aromatic N) is 1. The largest absolute Gasteiger partial charge is 0.457 e. The summed E-state index contributed by atoms with van der Waals surface area (Å²) in [6, 6.07) is 13.3. The number of nitrogens with one attached hydrogen (secondary N) is 2. The average molecular weight is 311 g/mol. The van der Waals surface area contributed by atoms with Crippen LogP contribution in [0.25, 0.3) is 0 Å². The predicted octanol–water partition coefficient (Wildman–Crippen LogP) is 2.74. The molecule has 2 aromatic rings. The van der Waals surface area contributed by atoms with E-state index in [2.05, 4.69) is 22.5 Å². The molecule has 1 aromatic carbocycles. The van der Waals surface area contributed by atoms with Crippen molar-refractivity contribution in [2.75, 3.05) is 6.54 Å². The van der Waals surface area contributed by atoms with Crippen LogP contribution in [0.4, 0.5) is 0 Å². The molecule has 2 atom stereocenters. The summed E-state index contributed by atoms with van der Waals surface area (Å²) in [5.41, 5.74) is 0.371. The highest BCUT2D eigenvalue weighted by Gasteiger charge is 2.23. The highest BCUT2D eigenvalue weighted by atomic mass is 16.5. The van der Waals surface area contributed by atoms with Gasteiger partial charge in [0.25, 0.3) is 5.91 Å². The van der Waals surface area contributed by atoms with Crippen LogP contribution in [-0.2, 0) is 0 Å². The molecule has 2 unspecified atom stereocenters. The van der Waals surface area contributed by atoms with Crippen LogP contribution in [0, 0.1) is 0 Å². The molecule has 1 fully saturated rings. The van der Waals surface area contributed by atoms with Crippen molar-refractivity contribution in [2.45, 2.75) is 31.8 Å². The molecule has 1 aliphatic rings. The number of benzene rings is 1. The van der Waals surface area contributed by atoms with Crippen LogP contribution < -0.4 is 15.4 Å². The molecular formula is C18H21N3O2. The molecule has 23 heavy (non-hydrogen) atoms. The van der Waals surface area contributed by atoms with E-state index in [9.17, 15) is 4.79 Å². The lowest BCUT2D eigenvalue weighted by Gasteiger charge is -2.30. The van der Waals surface area contributed by atoms with Crippen molar-refractivity contribution in [2.24, 2.45) is 0 Å². The molecule has 1 saturated heterocycles. The topological polar surface area (TPSA) is 63.2 Å². The molecule has 3 rings (SSSR count). The molecule has 0 saturated carbocycles. The Kier molecular flexibility index (Phi) is 4.88. The van der Waals surface area contributed by atoms with E-state index in [1.165, 1.54) is 0 Å². The molecule has 5 heteroatoms. The molecule has 5 nitrogen and oxygen atoms in total. The maximum atomic E-state index is 12.4. The van der Waals surface area contributed by atoms with Gasteiger partial charge < -0.3 is 15.4 Å². The Morgan fingerprint density at radius 3 is 2.87 bits per heavy atom. The number of hydrogen-bond acceptors (Lipinski definition) is 4. The smallest absolute Gasteiger partial charge is 0.270 e. The van der Waals surface area contributed by atoms with Gasteiger partial charge in [0.15, 0.2) is 0 Å². The summed E-state index contributed by atoms with van der Waals surface area (Å²) in [6.45, 7) is 3.10. The van der Waals surface area contributed by atoms with Crippen LogP contribution in [0.2, 0.25) is 0 Å². The van der Waals surface area contributed by atoms with E-state index >= 15 is 0 Å². The molecule has 0 bridgehead atoms. The van der Waals surface area contributed by atoms with Crippen LogP contribution in [0.1, 0.15) is 30.3 Å². The summed E-state index contributed by atoms with van der Waals surface area (Å²) in [6.07, 6.45) is 3.65. The van der Waals surface area contributed by atoms with Crippen LogP contribution in [0.5, 0.6) is 11.5 Å². The summed E-state index contributed by atoms with van der Waals surface area (Å²) in [5.74, 6) is 1.17. The molecule has 0 aliphatic carbocycles. The van der Waals surface area contributed by atoms with Crippen molar-refractivity contribution < 1.29 is 9.53 Å². The Labute approximate surface area is 136 Å². The molecule has 1 amide bonds. The van der Waals surface area contributed by atoms with Crippen molar-refractivity contribution >= 4 is 5.91 Å². The predicted molar refractivity (Wildman–Crippen MR) is 88.7 cm³/mol. The number of hydrogen-bond donors (Lipinski definition) is 2. The first kappa shape index (κ1) is 15.5. The van der Waals surface area contributed by atoms with Crippen molar-refractivity contribution in [3.8, 4) is 11.5 Å². The van der Waals surface area contributed by atoms with Crippen LogP contribution >= 0.6 is 0 Å². The normalized spacial score (nSPS) is 20.7. The zero-order valence-corrected chi connectivity index (χ0v) is 13.2. The highest BCUT2D eigenvalue weighted by molar-refractivity contribution is 5.92. The number of rotatable bonds is 4. The third-order valence-electron chi connectivity index (χ3n) is 4.02. The number of para-hydroxylation sites is 1. The number of aromatic nitrogens is 1. The van der Waals surface area contributed by atoms with E-state index in [1.807, 2.05) is 30.3 Å². The minimum atomic E-state index is -0.163. The Balaban J connectivity index is 1.67. The molecule has 2 N–H and O–H groups in total. The number of carbonyl (C=O) groups excluding carboxylic acids is 1. The average Bonchev–Trinajstić information content (AvgIpc) is 2.58. The van der Waals surface area contributed by atoms with Gasteiger partial charge in [-0.15, -0.1) is 0 Å². The quantitative estimate of drug-likeness (QED) is 0.911. The number of ether oxygens (including phenoxy) is 1. The van der Waals surface area contributed by atoms with Gasteiger partial charge in [-0.1, -0.05) is 18.2 Å². The number of piperidine rings is 1. The molecule has 0 spiro atoms. The molecule has 0 radical (unpaired) electrons. The second kappa shape index (κ2) is 7.24. The molecule has 2 heterocycles. The third kappa shape index (κ3) is 4.07. The van der Waals surface area contributed by atoms with Gasteiger partial charge in [0.2, 0.25) is 0 Å². The minimum Gasteiger partial charge on any atom is -0.457 e. The van der Waals surface area contributed by atoms with E-state index in [4.69, 9.17) is 4.74 Å². The van der Waals surface area contributed by atoms with Crippen molar-refractivity contribution in [1.29, 1.82) is 0 Å². The fourth-order valence-electron chi connectivity index (χ4n) is 2.71. The Morgan fingerprint density at radius 1 is 1.26 bits per heavy atom. The number of pyridine rings is 1. The van der Waals surface area contributed by atoms with Gasteiger partial charge in [0, 0.05) is 24.3 Å². The van der Waals surface area contributed by atoms with Gasteiger partial charge in [0.05, 0.1) is 0 Å². The monoisotopic (exact) mass is 311 g/mol. The summed E-state index contributed by atoms with van der Waals surface area (Å²) in [7, 11) is 0. The van der Waals surface area contributed by atoms with E-state index in [1.54, 1.807) is 18.3 Å². The molecule has 120 valence electrons. The highest BCUT2D eigenvalue weighted by Crippen LogP contribution is 2.21. The maximum absolute atomic E-state index is 12.4. The first-order valence-corrected chi connectivity index (χ1v) is 7.95. The summed E-state index contributed by atoms with van der Waals surface area (Å²) >= 11 is 0. The zero-order chi connectivity index (χ0) is 16.1. The van der Waals surface area contributed by atoms with E-state index in [0.717, 1.165) is 25.1 Å². The van der Waals surface area contributed by atoms with E-state index in [-0.39, 0.29) is 18.0 Å². The third-order valence-corrected chi connectivity index (χ3v) is 4.02. The first-order chi connectivity index (χ1) is 11.2. The van der Waals surface area contributed by atoms with E-state index in [0.29, 0.717) is 11.4 Å². The van der Waals surface area contributed by atoms with E-state index < -0.39 is 0 Å². The van der Waals surface area contributed by atoms with Gasteiger partial charge in [-0.25, -0.2) is 0 Å². The lowest BCUT2D eigenvalue weighted by molar-refractivity contribution is 0.0914. The molecule has 1 aliphatic heterocycles. The van der Waals surface area contributed by atoms with Gasteiger partial charge in [-0.3, -0.25) is 9.78 Å². The van der Waals surface area contributed by atoms with Gasteiger partial charge in [0.1, 0.15) is 17.2 Å². The van der Waals surface area contributed by atoms with Crippen molar-refractivity contribution in [1.82, 2.24) is 15.6 Å². The Hall–Kier alpha value is -2.40. The van der Waals surface area contributed by atoms with Gasteiger partial charge in [-0.05, 0) is 44.5 Å². The van der Waals surface area contributed by atoms with Gasteiger partial charge in [-0.2, -0.15) is 0 Å². The second-order valence-corrected chi connectivity index (χ2v) is 5.76. The van der Waals surface area contributed by atoms with Crippen LogP contribution in [0.3, 0.4) is 0 Å². The fourth-order valence-corrected chi connectivity index (χ4v) is 2.71. The zero-order valence-electron chi connectivity index (χ0n) is 13.2. The molecular weight excluding hydrogens is 290 g/mol. The van der Waals surface area contributed by atoms with Crippen molar-refractivity contribution in [3.05, 3.63) is 54.4 Å². The van der Waals surface area contributed by atoms with Crippen LogP contribution in [-0.4, -0.2) is 29.5 Å².